The van der Waals surface area contributed by atoms with Crippen LogP contribution in [-0.4, -0.2) is 5.60 Å². The Kier molecular flexibility index (Phi) is 4.25. The summed E-state index contributed by atoms with van der Waals surface area (Å²) in [5.74, 6) is 0.389. The molecule has 2 nitrogen and oxygen atoms in total. The lowest BCUT2D eigenvalue weighted by atomic mass is 9.82. The van der Waals surface area contributed by atoms with Crippen LogP contribution in [0.15, 0.2) is 95.6 Å². The van der Waals surface area contributed by atoms with E-state index in [1.54, 1.807) is 5.57 Å². The molecule has 0 N–H and O–H groups in total. The zero-order chi connectivity index (χ0) is 19.1. The van der Waals surface area contributed by atoms with Crippen molar-refractivity contribution < 1.29 is 4.84 Å². The van der Waals surface area contributed by atoms with E-state index in [4.69, 9.17) is 4.84 Å². The summed E-state index contributed by atoms with van der Waals surface area (Å²) < 4.78 is 0. The predicted molar refractivity (Wildman–Crippen MR) is 115 cm³/mol. The van der Waals surface area contributed by atoms with E-state index in [2.05, 4.69) is 97.8 Å². The van der Waals surface area contributed by atoms with Crippen LogP contribution in [0.4, 0.5) is 5.69 Å². The minimum Gasteiger partial charge on any atom is -0.266 e. The van der Waals surface area contributed by atoms with Crippen LogP contribution in [0.25, 0.3) is 0 Å². The van der Waals surface area contributed by atoms with Crippen LogP contribution in [0.1, 0.15) is 44.7 Å². The number of nitrogens with zero attached hydrogens (tertiary/aromatic N) is 1. The molecule has 2 heteroatoms. The van der Waals surface area contributed by atoms with E-state index in [-0.39, 0.29) is 11.6 Å². The van der Waals surface area contributed by atoms with Crippen LogP contribution < -0.4 is 5.06 Å². The van der Waals surface area contributed by atoms with Gasteiger partial charge in [0.1, 0.15) is 6.04 Å². The Morgan fingerprint density at radius 1 is 0.964 bits per heavy atom. The summed E-state index contributed by atoms with van der Waals surface area (Å²) in [5.41, 5.74) is 6.64. The second kappa shape index (κ2) is 6.79. The summed E-state index contributed by atoms with van der Waals surface area (Å²) >= 11 is 0. The minimum absolute atomic E-state index is 0.0561. The molecule has 0 radical (unpaired) electrons. The van der Waals surface area contributed by atoms with Crippen LogP contribution in [0.5, 0.6) is 0 Å². The maximum Gasteiger partial charge on any atom is 0.100 e. The zero-order valence-corrected chi connectivity index (χ0v) is 16.6. The van der Waals surface area contributed by atoms with Gasteiger partial charge < -0.3 is 0 Å². The normalized spacial score (nSPS) is 25.8. The fraction of sp³-hybridized carbons (Fsp3) is 0.308. The van der Waals surface area contributed by atoms with Crippen molar-refractivity contribution in [3.8, 4) is 0 Å². The average Bonchev–Trinajstić information content (AvgIpc) is 3.06. The highest BCUT2D eigenvalue weighted by molar-refractivity contribution is 5.55. The summed E-state index contributed by atoms with van der Waals surface area (Å²) in [5, 5.41) is 2.12. The number of allylic oxidation sites excluding steroid dienone is 4. The van der Waals surface area contributed by atoms with Crippen molar-refractivity contribution in [3.05, 3.63) is 101 Å². The molecule has 28 heavy (non-hydrogen) atoms. The minimum atomic E-state index is -0.281. The molecule has 5 rings (SSSR count). The molecular weight excluding hydrogens is 342 g/mol. The molecule has 0 amide bonds. The molecule has 0 aromatic heterocycles. The van der Waals surface area contributed by atoms with Gasteiger partial charge in [0.25, 0.3) is 0 Å². The Morgan fingerprint density at radius 2 is 1.68 bits per heavy atom. The Hall–Kier alpha value is -2.58. The number of fused-ring (bicyclic) bond motifs is 2. The smallest absolute Gasteiger partial charge is 0.100 e. The Balaban J connectivity index is 1.68. The SMILES string of the molecule is CC1(C)ON(c2ccccc2)[C@@H](c2ccccc2)C=C2C3=C(C=CCC3)C[C@H]21. The number of rotatable bonds is 2. The van der Waals surface area contributed by atoms with Gasteiger partial charge in [-0.3, -0.25) is 4.84 Å². The number of hydroxylamine groups is 1. The van der Waals surface area contributed by atoms with Crippen molar-refractivity contribution in [3.63, 3.8) is 0 Å². The summed E-state index contributed by atoms with van der Waals surface area (Å²) in [4.78, 5) is 6.80. The van der Waals surface area contributed by atoms with E-state index < -0.39 is 0 Å². The second-order valence-corrected chi connectivity index (χ2v) is 8.54. The quantitative estimate of drug-likeness (QED) is 0.595. The first kappa shape index (κ1) is 17.5. The molecule has 2 aromatic carbocycles. The maximum atomic E-state index is 6.80. The average molecular weight is 370 g/mol. The van der Waals surface area contributed by atoms with E-state index in [1.165, 1.54) is 16.7 Å². The first-order valence-electron chi connectivity index (χ1n) is 10.3. The maximum absolute atomic E-state index is 6.80. The monoisotopic (exact) mass is 369 g/mol. The molecule has 2 atom stereocenters. The van der Waals surface area contributed by atoms with Gasteiger partial charge in [-0.1, -0.05) is 66.8 Å². The highest BCUT2D eigenvalue weighted by Gasteiger charge is 2.45. The largest absolute Gasteiger partial charge is 0.266 e. The van der Waals surface area contributed by atoms with E-state index >= 15 is 0 Å². The highest BCUT2D eigenvalue weighted by Crippen LogP contribution is 2.51. The number of benzene rings is 2. The predicted octanol–water partition coefficient (Wildman–Crippen LogP) is 6.55. The molecule has 0 unspecified atom stereocenters. The topological polar surface area (TPSA) is 12.5 Å². The van der Waals surface area contributed by atoms with Crippen LogP contribution in [0.3, 0.4) is 0 Å². The van der Waals surface area contributed by atoms with Crippen molar-refractivity contribution in [2.45, 2.75) is 44.8 Å². The van der Waals surface area contributed by atoms with Crippen LogP contribution in [0, 0.1) is 5.92 Å². The van der Waals surface area contributed by atoms with Crippen LogP contribution >= 0.6 is 0 Å². The summed E-state index contributed by atoms with van der Waals surface area (Å²) in [6, 6.07) is 21.3. The molecule has 3 aliphatic rings. The molecule has 0 fully saturated rings. The lowest BCUT2D eigenvalue weighted by molar-refractivity contribution is -0.0645. The molecule has 0 bridgehead atoms. The van der Waals surface area contributed by atoms with Gasteiger partial charge >= 0.3 is 0 Å². The van der Waals surface area contributed by atoms with Gasteiger partial charge in [-0.05, 0) is 67.5 Å². The Morgan fingerprint density at radius 3 is 2.43 bits per heavy atom. The first-order chi connectivity index (χ1) is 13.6. The molecule has 0 spiro atoms. The molecule has 0 saturated carbocycles. The lowest BCUT2D eigenvalue weighted by Gasteiger charge is -2.38. The van der Waals surface area contributed by atoms with Gasteiger partial charge in [0.05, 0.1) is 11.3 Å². The zero-order valence-electron chi connectivity index (χ0n) is 16.6. The van der Waals surface area contributed by atoms with Crippen molar-refractivity contribution in [1.82, 2.24) is 0 Å². The number of hydrogen-bond donors (Lipinski definition) is 0. The van der Waals surface area contributed by atoms with Gasteiger partial charge in [0, 0.05) is 5.92 Å². The van der Waals surface area contributed by atoms with Gasteiger partial charge in [0.15, 0.2) is 0 Å². The number of anilines is 1. The Labute approximate surface area is 167 Å². The molecule has 2 aliphatic carbocycles. The molecular formula is C26H27NO. The van der Waals surface area contributed by atoms with Crippen LogP contribution in [-0.2, 0) is 4.84 Å². The second-order valence-electron chi connectivity index (χ2n) is 8.54. The van der Waals surface area contributed by atoms with E-state index in [9.17, 15) is 0 Å². The van der Waals surface area contributed by atoms with Crippen molar-refractivity contribution in [1.29, 1.82) is 0 Å². The van der Waals surface area contributed by atoms with Crippen molar-refractivity contribution >= 4 is 5.69 Å². The van der Waals surface area contributed by atoms with Crippen LogP contribution in [0.2, 0.25) is 0 Å². The molecule has 1 heterocycles. The van der Waals surface area contributed by atoms with Gasteiger partial charge in [0.2, 0.25) is 0 Å². The summed E-state index contributed by atoms with van der Waals surface area (Å²) in [6.45, 7) is 4.49. The molecule has 0 saturated heterocycles. The summed E-state index contributed by atoms with van der Waals surface area (Å²) in [7, 11) is 0. The molecule has 142 valence electrons. The standard InChI is InChI=1S/C26H27NO/c1-26(2)24-17-20-13-9-10-16-22(20)23(24)18-25(19-11-5-3-6-12-19)27(28-26)21-14-7-4-8-15-21/h3-9,11-15,18,24-25H,10,16-17H2,1-2H3/t24-,25-/m1/s1. The van der Waals surface area contributed by atoms with Gasteiger partial charge in [-0.25, -0.2) is 5.06 Å². The van der Waals surface area contributed by atoms with Crippen molar-refractivity contribution in [2.75, 3.05) is 5.06 Å². The first-order valence-corrected chi connectivity index (χ1v) is 10.3. The fourth-order valence-electron chi connectivity index (χ4n) is 4.89. The fourth-order valence-corrected chi connectivity index (χ4v) is 4.89. The number of para-hydroxylation sites is 1. The third kappa shape index (κ3) is 2.93. The van der Waals surface area contributed by atoms with E-state index in [0.29, 0.717) is 5.92 Å². The number of hydrogen-bond acceptors (Lipinski definition) is 2. The highest BCUT2D eigenvalue weighted by atomic mass is 16.7. The van der Waals surface area contributed by atoms with Crippen molar-refractivity contribution in [2.24, 2.45) is 5.92 Å². The molecule has 1 aliphatic heterocycles. The van der Waals surface area contributed by atoms with E-state index in [1.807, 2.05) is 0 Å². The Bertz CT molecular complexity index is 952. The molecule has 2 aromatic rings. The van der Waals surface area contributed by atoms with E-state index in [0.717, 1.165) is 24.9 Å². The van der Waals surface area contributed by atoms with Gasteiger partial charge in [-0.15, -0.1) is 0 Å². The van der Waals surface area contributed by atoms with Gasteiger partial charge in [-0.2, -0.15) is 0 Å². The summed E-state index contributed by atoms with van der Waals surface area (Å²) in [6.07, 6.45) is 10.5. The third-order valence-corrected chi connectivity index (χ3v) is 6.33. The lowest BCUT2D eigenvalue weighted by Crippen LogP contribution is -2.41. The third-order valence-electron chi connectivity index (χ3n) is 6.33.